The smallest absolute Gasteiger partial charge is 0.178 e. The van der Waals surface area contributed by atoms with Crippen molar-refractivity contribution < 1.29 is 8.42 Å². The first kappa shape index (κ1) is 10.5. The van der Waals surface area contributed by atoms with Gasteiger partial charge in [-0.05, 0) is 36.6 Å². The van der Waals surface area contributed by atoms with Crippen LogP contribution in [0.3, 0.4) is 0 Å². The zero-order chi connectivity index (χ0) is 10.9. The molecule has 1 fully saturated rings. The third kappa shape index (κ3) is 2.72. The molecule has 0 aliphatic heterocycles. The number of hydrogen-bond acceptors (Lipinski definition) is 3. The van der Waals surface area contributed by atoms with E-state index in [2.05, 4.69) is 0 Å². The van der Waals surface area contributed by atoms with Gasteiger partial charge in [-0.1, -0.05) is 12.8 Å². The van der Waals surface area contributed by atoms with Crippen LogP contribution in [-0.2, 0) is 9.84 Å². The molecule has 15 heavy (non-hydrogen) atoms. The molecule has 1 aromatic rings. The molecule has 0 bridgehead atoms. The van der Waals surface area contributed by atoms with Gasteiger partial charge in [0.15, 0.2) is 9.84 Å². The van der Waals surface area contributed by atoms with Crippen molar-refractivity contribution in [2.45, 2.75) is 24.2 Å². The molecule has 0 spiro atoms. The molecule has 4 heteroatoms. The number of benzene rings is 1. The van der Waals surface area contributed by atoms with E-state index in [0.717, 1.165) is 6.42 Å². The molecule has 1 aromatic carbocycles. The van der Waals surface area contributed by atoms with E-state index < -0.39 is 9.84 Å². The average Bonchev–Trinajstić information content (AvgIpc) is 2.99. The second-order valence-corrected chi connectivity index (χ2v) is 6.23. The van der Waals surface area contributed by atoms with E-state index in [0.29, 0.717) is 16.5 Å². The van der Waals surface area contributed by atoms with Gasteiger partial charge in [-0.25, -0.2) is 8.42 Å². The van der Waals surface area contributed by atoms with Gasteiger partial charge in [0, 0.05) is 5.69 Å². The standard InChI is InChI=1S/C11H15NO2S/c12-10-3-5-11(6-4-10)15(13,14)8-7-9-1-2-9/h3-6,9H,1-2,7-8,12H2. The first-order valence-electron chi connectivity index (χ1n) is 5.16. The zero-order valence-electron chi connectivity index (χ0n) is 8.52. The van der Waals surface area contributed by atoms with Gasteiger partial charge in [0.05, 0.1) is 10.6 Å². The Kier molecular flexibility index (Phi) is 2.69. The second-order valence-electron chi connectivity index (χ2n) is 4.12. The lowest BCUT2D eigenvalue weighted by atomic mass is 10.3. The summed E-state index contributed by atoms with van der Waals surface area (Å²) in [5.41, 5.74) is 6.10. The van der Waals surface area contributed by atoms with Gasteiger partial charge < -0.3 is 5.73 Å². The Morgan fingerprint density at radius 2 is 1.80 bits per heavy atom. The molecule has 2 N–H and O–H groups in total. The lowest BCUT2D eigenvalue weighted by Gasteiger charge is -2.03. The van der Waals surface area contributed by atoms with Crippen LogP contribution < -0.4 is 5.73 Å². The van der Waals surface area contributed by atoms with E-state index in [1.807, 2.05) is 0 Å². The Bertz CT molecular complexity index is 432. The average molecular weight is 225 g/mol. The lowest BCUT2D eigenvalue weighted by Crippen LogP contribution is -2.07. The summed E-state index contributed by atoms with van der Waals surface area (Å²) in [4.78, 5) is 0.386. The predicted octanol–water partition coefficient (Wildman–Crippen LogP) is 1.84. The van der Waals surface area contributed by atoms with E-state index in [1.165, 1.54) is 12.8 Å². The summed E-state index contributed by atoms with van der Waals surface area (Å²) in [6.45, 7) is 0. The number of sulfone groups is 1. The summed E-state index contributed by atoms with van der Waals surface area (Å²) in [5.74, 6) is 0.912. The fourth-order valence-corrected chi connectivity index (χ4v) is 2.95. The first-order chi connectivity index (χ1) is 7.08. The molecule has 0 amide bonds. The lowest BCUT2D eigenvalue weighted by molar-refractivity contribution is 0.590. The maximum Gasteiger partial charge on any atom is 0.178 e. The molecule has 3 nitrogen and oxygen atoms in total. The molecule has 82 valence electrons. The molecule has 0 unspecified atom stereocenters. The Labute approximate surface area is 90.2 Å². The second kappa shape index (κ2) is 3.85. The number of nitrogens with two attached hydrogens (primary N) is 1. The van der Waals surface area contributed by atoms with Gasteiger partial charge in [-0.2, -0.15) is 0 Å². The third-order valence-corrected chi connectivity index (χ3v) is 4.49. The number of anilines is 1. The Morgan fingerprint density at radius 3 is 2.33 bits per heavy atom. The maximum absolute atomic E-state index is 11.8. The molecule has 0 aromatic heterocycles. The SMILES string of the molecule is Nc1ccc(S(=O)(=O)CCC2CC2)cc1. The van der Waals surface area contributed by atoms with Gasteiger partial charge in [0.25, 0.3) is 0 Å². The maximum atomic E-state index is 11.8. The van der Waals surface area contributed by atoms with E-state index in [1.54, 1.807) is 24.3 Å². The van der Waals surface area contributed by atoms with Crippen molar-refractivity contribution in [3.63, 3.8) is 0 Å². The summed E-state index contributed by atoms with van der Waals surface area (Å²) in [5, 5.41) is 0. The van der Waals surface area contributed by atoms with Crippen LogP contribution in [0.1, 0.15) is 19.3 Å². The van der Waals surface area contributed by atoms with Crippen molar-refractivity contribution in [1.82, 2.24) is 0 Å². The molecule has 1 aliphatic carbocycles. The van der Waals surface area contributed by atoms with Crippen LogP contribution in [0.15, 0.2) is 29.2 Å². The highest BCUT2D eigenvalue weighted by molar-refractivity contribution is 7.91. The van der Waals surface area contributed by atoms with Crippen molar-refractivity contribution in [2.75, 3.05) is 11.5 Å². The molecule has 0 heterocycles. The van der Waals surface area contributed by atoms with Gasteiger partial charge in [0.1, 0.15) is 0 Å². The molecular weight excluding hydrogens is 210 g/mol. The summed E-state index contributed by atoms with van der Waals surface area (Å²) in [6, 6.07) is 6.42. The van der Waals surface area contributed by atoms with Crippen LogP contribution >= 0.6 is 0 Å². The Morgan fingerprint density at radius 1 is 1.20 bits per heavy atom. The van der Waals surface area contributed by atoms with Gasteiger partial charge in [-0.3, -0.25) is 0 Å². The van der Waals surface area contributed by atoms with Gasteiger partial charge >= 0.3 is 0 Å². The quantitative estimate of drug-likeness (QED) is 0.795. The van der Waals surface area contributed by atoms with Crippen LogP contribution in [0, 0.1) is 5.92 Å². The van der Waals surface area contributed by atoms with Crippen molar-refractivity contribution >= 4 is 15.5 Å². The van der Waals surface area contributed by atoms with Crippen molar-refractivity contribution in [3.8, 4) is 0 Å². The first-order valence-corrected chi connectivity index (χ1v) is 6.81. The fraction of sp³-hybridized carbons (Fsp3) is 0.455. The largest absolute Gasteiger partial charge is 0.399 e. The molecule has 0 radical (unpaired) electrons. The van der Waals surface area contributed by atoms with Crippen LogP contribution in [0.2, 0.25) is 0 Å². The normalized spacial score (nSPS) is 16.5. The number of rotatable bonds is 4. The van der Waals surface area contributed by atoms with Crippen LogP contribution in [0.25, 0.3) is 0 Å². The summed E-state index contributed by atoms with van der Waals surface area (Å²) in [6.07, 6.45) is 3.18. The van der Waals surface area contributed by atoms with Crippen LogP contribution in [0.5, 0.6) is 0 Å². The fourth-order valence-electron chi connectivity index (χ4n) is 1.52. The number of nitrogen functional groups attached to an aromatic ring is 1. The molecule has 0 atom stereocenters. The third-order valence-electron chi connectivity index (χ3n) is 2.73. The van der Waals surface area contributed by atoms with Crippen LogP contribution in [0.4, 0.5) is 5.69 Å². The highest BCUT2D eigenvalue weighted by atomic mass is 32.2. The van der Waals surface area contributed by atoms with Crippen LogP contribution in [-0.4, -0.2) is 14.2 Å². The van der Waals surface area contributed by atoms with E-state index in [4.69, 9.17) is 5.73 Å². The minimum absolute atomic E-state index is 0.265. The Balaban J connectivity index is 2.09. The molecular formula is C11H15NO2S. The van der Waals surface area contributed by atoms with Crippen molar-refractivity contribution in [2.24, 2.45) is 5.92 Å². The van der Waals surface area contributed by atoms with Crippen molar-refractivity contribution in [3.05, 3.63) is 24.3 Å². The van der Waals surface area contributed by atoms with Gasteiger partial charge in [0.2, 0.25) is 0 Å². The molecule has 1 aliphatic rings. The Hall–Kier alpha value is -1.03. The topological polar surface area (TPSA) is 60.2 Å². The van der Waals surface area contributed by atoms with Gasteiger partial charge in [-0.15, -0.1) is 0 Å². The minimum Gasteiger partial charge on any atom is -0.399 e. The minimum atomic E-state index is -3.09. The van der Waals surface area contributed by atoms with Crippen molar-refractivity contribution in [1.29, 1.82) is 0 Å². The molecule has 0 saturated heterocycles. The monoisotopic (exact) mass is 225 g/mol. The highest BCUT2D eigenvalue weighted by Crippen LogP contribution is 2.33. The summed E-state index contributed by atoms with van der Waals surface area (Å²) >= 11 is 0. The van der Waals surface area contributed by atoms with E-state index in [-0.39, 0.29) is 5.75 Å². The highest BCUT2D eigenvalue weighted by Gasteiger charge is 2.24. The predicted molar refractivity (Wildman–Crippen MR) is 60.2 cm³/mol. The molecule has 2 rings (SSSR count). The van der Waals surface area contributed by atoms with E-state index >= 15 is 0 Å². The number of hydrogen-bond donors (Lipinski definition) is 1. The summed E-state index contributed by atoms with van der Waals surface area (Å²) < 4.78 is 23.7. The zero-order valence-corrected chi connectivity index (χ0v) is 9.33. The summed E-state index contributed by atoms with van der Waals surface area (Å²) in [7, 11) is -3.09. The molecule has 1 saturated carbocycles. The van der Waals surface area contributed by atoms with E-state index in [9.17, 15) is 8.42 Å².